The van der Waals surface area contributed by atoms with Crippen LogP contribution < -0.4 is 0 Å². The van der Waals surface area contributed by atoms with Crippen molar-refractivity contribution in [1.82, 2.24) is 0 Å². The van der Waals surface area contributed by atoms with E-state index >= 15 is 0 Å². The van der Waals surface area contributed by atoms with Crippen LogP contribution in [0.15, 0.2) is 24.8 Å². The number of hydrogen-bond donors (Lipinski definition) is 0. The molecule has 0 radical (unpaired) electrons. The molecule has 0 atom stereocenters. The molecule has 0 unspecified atom stereocenters. The molecule has 0 aliphatic carbocycles. The average Bonchev–Trinajstić information content (AvgIpc) is 1.81. The largest absolute Gasteiger partial charge is 0.193 e. The summed E-state index contributed by atoms with van der Waals surface area (Å²) in [5, 5.41) is 8.00. The first-order valence-electron chi connectivity index (χ1n) is 2.57. The van der Waals surface area contributed by atoms with Gasteiger partial charge in [0.05, 0.1) is 6.07 Å². The fraction of sp³-hybridized carbons (Fsp3) is 0.286. The van der Waals surface area contributed by atoms with Crippen LogP contribution in [-0.4, -0.2) is 0 Å². The van der Waals surface area contributed by atoms with E-state index in [-0.39, 0.29) is 0 Å². The van der Waals surface area contributed by atoms with Gasteiger partial charge < -0.3 is 0 Å². The Balaban J connectivity index is 3.06. The third kappa shape index (κ3) is 4.97. The van der Waals surface area contributed by atoms with Gasteiger partial charge in [-0.2, -0.15) is 5.26 Å². The van der Waals surface area contributed by atoms with Crippen LogP contribution in [0.3, 0.4) is 0 Å². The molecule has 1 nitrogen and oxygen atoms in total. The van der Waals surface area contributed by atoms with Crippen LogP contribution >= 0.6 is 0 Å². The van der Waals surface area contributed by atoms with Gasteiger partial charge in [-0.3, -0.25) is 0 Å². The Hall–Kier alpha value is -1.03. The summed E-state index contributed by atoms with van der Waals surface area (Å²) in [5.74, 6) is 0. The van der Waals surface area contributed by atoms with Gasteiger partial charge in [0.15, 0.2) is 0 Å². The zero-order valence-corrected chi connectivity index (χ0v) is 4.80. The molecular formula is C7H9N. The van der Waals surface area contributed by atoms with Gasteiger partial charge in [-0.05, 0) is 12.8 Å². The SMILES string of the molecule is C=CCC/C=C/C#N. The number of unbranched alkanes of at least 4 members (excludes halogenated alkanes) is 1. The molecule has 0 spiro atoms. The maximum atomic E-state index is 8.00. The summed E-state index contributed by atoms with van der Waals surface area (Å²) in [6.07, 6.45) is 7.04. The lowest BCUT2D eigenvalue weighted by molar-refractivity contribution is 1.06. The predicted molar refractivity (Wildman–Crippen MR) is 34.2 cm³/mol. The van der Waals surface area contributed by atoms with Crippen molar-refractivity contribution in [2.24, 2.45) is 0 Å². The van der Waals surface area contributed by atoms with E-state index in [1.54, 1.807) is 0 Å². The monoisotopic (exact) mass is 107 g/mol. The molecule has 0 N–H and O–H groups in total. The van der Waals surface area contributed by atoms with Crippen LogP contribution in [-0.2, 0) is 0 Å². The predicted octanol–water partition coefficient (Wildman–Crippen LogP) is 2.03. The van der Waals surface area contributed by atoms with Crippen LogP contribution in [0.4, 0.5) is 0 Å². The lowest BCUT2D eigenvalue weighted by Crippen LogP contribution is -1.59. The Labute approximate surface area is 49.9 Å². The summed E-state index contributed by atoms with van der Waals surface area (Å²) in [5.41, 5.74) is 0. The van der Waals surface area contributed by atoms with Crippen LogP contribution in [0, 0.1) is 11.3 Å². The van der Waals surface area contributed by atoms with Gasteiger partial charge in [-0.25, -0.2) is 0 Å². The molecule has 1 heteroatoms. The summed E-state index contributed by atoms with van der Waals surface area (Å²) in [6.45, 7) is 3.54. The molecule has 0 aliphatic heterocycles. The highest BCUT2D eigenvalue weighted by Gasteiger charge is 1.70. The van der Waals surface area contributed by atoms with E-state index < -0.39 is 0 Å². The molecule has 0 bridgehead atoms. The third-order valence-electron chi connectivity index (χ3n) is 0.730. The molecule has 42 valence electrons. The molecule has 8 heavy (non-hydrogen) atoms. The molecule has 0 aromatic rings. The Morgan fingerprint density at radius 1 is 1.50 bits per heavy atom. The second kappa shape index (κ2) is 5.97. The zero-order valence-electron chi connectivity index (χ0n) is 4.80. The number of allylic oxidation sites excluding steroid dienone is 3. The first kappa shape index (κ1) is 6.97. The summed E-state index contributed by atoms with van der Waals surface area (Å²) in [4.78, 5) is 0. The zero-order chi connectivity index (χ0) is 6.24. The molecule has 0 saturated heterocycles. The molecule has 0 heterocycles. The van der Waals surface area contributed by atoms with Crippen molar-refractivity contribution in [2.45, 2.75) is 12.8 Å². The molecular weight excluding hydrogens is 98.1 g/mol. The topological polar surface area (TPSA) is 23.8 Å². The van der Waals surface area contributed by atoms with Gasteiger partial charge in [-0.1, -0.05) is 12.2 Å². The van der Waals surface area contributed by atoms with Crippen molar-refractivity contribution in [3.05, 3.63) is 24.8 Å². The standard InChI is InChI=1S/C7H9N/c1-2-3-4-5-6-7-8/h2,5-6H,1,3-4H2/b6-5+. The third-order valence-corrected chi connectivity index (χ3v) is 0.730. The fourth-order valence-electron chi connectivity index (χ4n) is 0.350. The van der Waals surface area contributed by atoms with Gasteiger partial charge in [0.2, 0.25) is 0 Å². The molecule has 0 saturated carbocycles. The highest BCUT2D eigenvalue weighted by Crippen LogP contribution is 1.88. The maximum absolute atomic E-state index is 8.00. The van der Waals surface area contributed by atoms with Crippen molar-refractivity contribution < 1.29 is 0 Å². The van der Waals surface area contributed by atoms with Gasteiger partial charge in [-0.15, -0.1) is 6.58 Å². The van der Waals surface area contributed by atoms with Crippen LogP contribution in [0.5, 0.6) is 0 Å². The minimum atomic E-state index is 0.928. The van der Waals surface area contributed by atoms with Gasteiger partial charge in [0.25, 0.3) is 0 Å². The van der Waals surface area contributed by atoms with Crippen molar-refractivity contribution in [3.8, 4) is 6.07 Å². The smallest absolute Gasteiger partial charge is 0.0908 e. The van der Waals surface area contributed by atoms with E-state index in [1.165, 1.54) is 6.08 Å². The molecule has 0 rings (SSSR count). The van der Waals surface area contributed by atoms with E-state index in [4.69, 9.17) is 5.26 Å². The van der Waals surface area contributed by atoms with Gasteiger partial charge in [0.1, 0.15) is 0 Å². The maximum Gasteiger partial charge on any atom is 0.0908 e. The van der Waals surface area contributed by atoms with Crippen LogP contribution in [0.1, 0.15) is 12.8 Å². The molecule has 0 aliphatic rings. The normalized spacial score (nSPS) is 8.88. The van der Waals surface area contributed by atoms with Crippen molar-refractivity contribution in [1.29, 1.82) is 5.26 Å². The highest BCUT2D eigenvalue weighted by molar-refractivity contribution is 5.01. The van der Waals surface area contributed by atoms with E-state index in [1.807, 2.05) is 18.2 Å². The van der Waals surface area contributed by atoms with Crippen molar-refractivity contribution in [2.75, 3.05) is 0 Å². The summed E-state index contributed by atoms with van der Waals surface area (Å²) in [6, 6.07) is 1.91. The molecule has 0 amide bonds. The average molecular weight is 107 g/mol. The lowest BCUT2D eigenvalue weighted by Gasteiger charge is -1.78. The quantitative estimate of drug-likeness (QED) is 0.307. The number of nitriles is 1. The number of nitrogens with zero attached hydrogens (tertiary/aromatic N) is 1. The minimum Gasteiger partial charge on any atom is -0.193 e. The summed E-state index contributed by atoms with van der Waals surface area (Å²) in [7, 11) is 0. The Bertz CT molecular complexity index is 117. The Morgan fingerprint density at radius 3 is 2.75 bits per heavy atom. The van der Waals surface area contributed by atoms with Crippen LogP contribution in [0.25, 0.3) is 0 Å². The second-order valence-corrected chi connectivity index (χ2v) is 1.40. The molecule has 0 fully saturated rings. The Kier molecular flexibility index (Phi) is 5.20. The lowest BCUT2D eigenvalue weighted by atomic mass is 10.3. The number of rotatable bonds is 3. The van der Waals surface area contributed by atoms with Crippen molar-refractivity contribution in [3.63, 3.8) is 0 Å². The van der Waals surface area contributed by atoms with Gasteiger partial charge in [0, 0.05) is 6.08 Å². The number of hydrogen-bond acceptors (Lipinski definition) is 1. The van der Waals surface area contributed by atoms with E-state index in [2.05, 4.69) is 6.58 Å². The fourth-order valence-corrected chi connectivity index (χ4v) is 0.350. The second-order valence-electron chi connectivity index (χ2n) is 1.40. The van der Waals surface area contributed by atoms with Crippen molar-refractivity contribution >= 4 is 0 Å². The Morgan fingerprint density at radius 2 is 2.25 bits per heavy atom. The molecule has 0 aromatic carbocycles. The first-order valence-corrected chi connectivity index (χ1v) is 2.57. The van der Waals surface area contributed by atoms with E-state index in [0.29, 0.717) is 0 Å². The van der Waals surface area contributed by atoms with E-state index in [9.17, 15) is 0 Å². The van der Waals surface area contributed by atoms with Crippen LogP contribution in [0.2, 0.25) is 0 Å². The summed E-state index contributed by atoms with van der Waals surface area (Å²) >= 11 is 0. The minimum absolute atomic E-state index is 0.928. The molecule has 0 aromatic heterocycles. The highest BCUT2D eigenvalue weighted by atomic mass is 14.2. The first-order chi connectivity index (χ1) is 3.91. The van der Waals surface area contributed by atoms with Gasteiger partial charge >= 0.3 is 0 Å². The van der Waals surface area contributed by atoms with E-state index in [0.717, 1.165) is 12.8 Å². The summed E-state index contributed by atoms with van der Waals surface area (Å²) < 4.78 is 0.